The maximum atomic E-state index is 10.7. The van der Waals surface area contributed by atoms with E-state index >= 15 is 0 Å². The number of carbonyl (C=O) groups excluding carboxylic acids is 1. The first-order chi connectivity index (χ1) is 6.24. The summed E-state index contributed by atoms with van der Waals surface area (Å²) < 4.78 is 0. The third-order valence-electron chi connectivity index (χ3n) is 2.54. The Morgan fingerprint density at radius 2 is 2.38 bits per heavy atom. The van der Waals surface area contributed by atoms with Crippen LogP contribution in [0.2, 0.25) is 0 Å². The smallest absolute Gasteiger partial charge is 0.319 e. The van der Waals surface area contributed by atoms with Gasteiger partial charge in [-0.1, -0.05) is 19.3 Å². The van der Waals surface area contributed by atoms with Gasteiger partial charge in [-0.2, -0.15) is 0 Å². The molecule has 0 aromatic rings. The maximum absolute atomic E-state index is 10.7. The fraction of sp³-hybridized carbons (Fsp3) is 0.750. The van der Waals surface area contributed by atoms with Gasteiger partial charge in [0.15, 0.2) is 0 Å². The molecule has 1 aliphatic carbocycles. The fourth-order valence-electron chi connectivity index (χ4n) is 1.52. The highest BCUT2D eigenvalue weighted by molar-refractivity contribution is 6.64. The summed E-state index contributed by atoms with van der Waals surface area (Å²) >= 11 is 0. The van der Waals surface area contributed by atoms with Crippen molar-refractivity contribution < 1.29 is 14.7 Å². The van der Waals surface area contributed by atoms with Gasteiger partial charge in [0, 0.05) is 0 Å². The highest BCUT2D eigenvalue weighted by Crippen LogP contribution is 2.30. The molecule has 1 fully saturated rings. The van der Waals surface area contributed by atoms with E-state index in [-0.39, 0.29) is 7.41 Å². The lowest BCUT2D eigenvalue weighted by Gasteiger charge is -2.28. The third kappa shape index (κ3) is 3.18. The van der Waals surface area contributed by atoms with Crippen LogP contribution in [0.5, 0.6) is 0 Å². The maximum Gasteiger partial charge on any atom is 0.319 e. The zero-order chi connectivity index (χ0) is 9.68. The van der Waals surface area contributed by atoms with Crippen molar-refractivity contribution in [1.29, 1.82) is 0 Å². The van der Waals surface area contributed by atoms with Crippen LogP contribution in [0.3, 0.4) is 0 Å². The van der Waals surface area contributed by atoms with Crippen LogP contribution in [-0.2, 0) is 9.59 Å². The summed E-state index contributed by atoms with van der Waals surface area (Å²) in [7, 11) is 0.129. The molecule has 1 atom stereocenters. The van der Waals surface area contributed by atoms with E-state index in [1.807, 2.05) is 0 Å². The molecule has 0 amide bonds. The number of carbonyl (C=O) groups is 2. The Morgan fingerprint density at radius 1 is 1.69 bits per heavy atom. The van der Waals surface area contributed by atoms with Crippen LogP contribution in [0.25, 0.3) is 0 Å². The summed E-state index contributed by atoms with van der Waals surface area (Å²) in [5.41, 5.74) is 0. The summed E-state index contributed by atoms with van der Waals surface area (Å²) in [6.45, 7) is 0. The van der Waals surface area contributed by atoms with Crippen LogP contribution in [0, 0.1) is 5.92 Å². The number of carboxylic acids is 1. The van der Waals surface area contributed by atoms with Gasteiger partial charge >= 0.3 is 5.97 Å². The van der Waals surface area contributed by atoms with Crippen molar-refractivity contribution >= 4 is 19.6 Å². The largest absolute Gasteiger partial charge is 0.480 e. The molecule has 4 nitrogen and oxygen atoms in total. The van der Waals surface area contributed by atoms with Crippen LogP contribution >= 0.6 is 0 Å². The topological polar surface area (TPSA) is 66.4 Å². The first-order valence-electron chi connectivity index (χ1n) is 4.64. The second-order valence-electron chi connectivity index (χ2n) is 3.50. The molecule has 0 spiro atoms. The normalized spacial score (nSPS) is 18.8. The quantitative estimate of drug-likeness (QED) is 0.440. The third-order valence-corrected chi connectivity index (χ3v) is 2.54. The van der Waals surface area contributed by atoms with E-state index in [0.29, 0.717) is 18.5 Å². The highest BCUT2D eigenvalue weighted by atomic mass is 16.4. The van der Waals surface area contributed by atoms with Crippen LogP contribution in [-0.4, -0.2) is 30.7 Å². The van der Waals surface area contributed by atoms with Gasteiger partial charge in [-0.3, -0.25) is 4.79 Å². The van der Waals surface area contributed by atoms with E-state index in [1.165, 1.54) is 6.42 Å². The average molecular weight is 183 g/mol. The van der Waals surface area contributed by atoms with Crippen LogP contribution in [0.1, 0.15) is 25.7 Å². The van der Waals surface area contributed by atoms with Gasteiger partial charge in [0.1, 0.15) is 0 Å². The molecule has 0 radical (unpaired) electrons. The Morgan fingerprint density at radius 3 is 2.77 bits per heavy atom. The van der Waals surface area contributed by atoms with E-state index in [2.05, 4.69) is 5.23 Å². The standard InChI is InChI=1S/C8H14BNO3/c11-5-9-10-7(8(12)13)4-6-2-1-3-6/h5-7,9-10H,1-4H2,(H,12,13). The lowest BCUT2D eigenvalue weighted by molar-refractivity contribution is -0.139. The molecule has 0 bridgehead atoms. The monoisotopic (exact) mass is 183 g/mol. The zero-order valence-electron chi connectivity index (χ0n) is 7.53. The van der Waals surface area contributed by atoms with Crippen LogP contribution in [0.15, 0.2) is 0 Å². The molecule has 1 unspecified atom stereocenters. The SMILES string of the molecule is O=CBNC(CC1CCC1)C(=O)O. The number of carboxylic acid groups (broad SMARTS) is 1. The minimum atomic E-state index is -0.853. The van der Waals surface area contributed by atoms with Crippen LogP contribution < -0.4 is 5.23 Å². The minimum absolute atomic E-state index is 0.129. The Labute approximate surface area is 78.0 Å². The molecule has 1 rings (SSSR count). The molecule has 13 heavy (non-hydrogen) atoms. The zero-order valence-corrected chi connectivity index (χ0v) is 7.53. The van der Waals surface area contributed by atoms with Gasteiger partial charge in [0.25, 0.3) is 7.41 Å². The van der Waals surface area contributed by atoms with E-state index < -0.39 is 12.0 Å². The molecule has 1 saturated carbocycles. The molecule has 0 aliphatic heterocycles. The van der Waals surface area contributed by atoms with Gasteiger partial charge in [-0.25, -0.2) is 0 Å². The molecular weight excluding hydrogens is 169 g/mol. The minimum Gasteiger partial charge on any atom is -0.480 e. The summed E-state index contributed by atoms with van der Waals surface area (Å²) in [6, 6.07) is -0.546. The molecular formula is C8H14BNO3. The van der Waals surface area contributed by atoms with E-state index in [9.17, 15) is 9.59 Å². The van der Waals surface area contributed by atoms with E-state index in [1.54, 1.807) is 0 Å². The number of nitrogens with one attached hydrogen (secondary N) is 1. The van der Waals surface area contributed by atoms with Crippen molar-refractivity contribution in [3.05, 3.63) is 0 Å². The second-order valence-corrected chi connectivity index (χ2v) is 3.50. The Hall–Kier alpha value is -0.835. The van der Waals surface area contributed by atoms with Crippen molar-refractivity contribution in [1.82, 2.24) is 5.23 Å². The lowest BCUT2D eigenvalue weighted by atomic mass is 9.80. The van der Waals surface area contributed by atoms with Crippen molar-refractivity contribution in [2.45, 2.75) is 31.7 Å². The predicted molar refractivity (Wildman–Crippen MR) is 50.4 cm³/mol. The number of hydrogen-bond donors (Lipinski definition) is 2. The summed E-state index contributed by atoms with van der Waals surface area (Å²) in [5, 5.41) is 11.5. The Balaban J connectivity index is 2.27. The summed E-state index contributed by atoms with van der Waals surface area (Å²) in [6.07, 6.45) is 4.82. The molecule has 0 saturated heterocycles. The molecule has 1 aliphatic rings. The molecule has 5 heteroatoms. The fourth-order valence-corrected chi connectivity index (χ4v) is 1.52. The predicted octanol–water partition coefficient (Wildman–Crippen LogP) is -0.239. The van der Waals surface area contributed by atoms with Crippen molar-refractivity contribution in [2.24, 2.45) is 5.92 Å². The van der Waals surface area contributed by atoms with Gasteiger partial charge in [0.05, 0.1) is 12.2 Å². The Bertz CT molecular complexity index is 194. The summed E-state index contributed by atoms with van der Waals surface area (Å²) in [4.78, 5) is 20.7. The molecule has 0 aromatic carbocycles. The van der Waals surface area contributed by atoms with Crippen molar-refractivity contribution in [2.75, 3.05) is 0 Å². The first-order valence-corrected chi connectivity index (χ1v) is 4.64. The number of hydrogen-bond acceptors (Lipinski definition) is 3. The number of rotatable bonds is 6. The van der Waals surface area contributed by atoms with Crippen LogP contribution in [0.4, 0.5) is 0 Å². The molecule has 72 valence electrons. The molecule has 0 aromatic heterocycles. The van der Waals surface area contributed by atoms with Gasteiger partial charge in [0.2, 0.25) is 0 Å². The van der Waals surface area contributed by atoms with Gasteiger partial charge in [-0.05, 0) is 12.3 Å². The Kier molecular flexibility index (Phi) is 3.95. The summed E-state index contributed by atoms with van der Waals surface area (Å²) in [5.74, 6) is -0.311. The van der Waals surface area contributed by atoms with Gasteiger partial charge < -0.3 is 15.1 Å². The number of aliphatic carboxylic acids is 1. The van der Waals surface area contributed by atoms with Crippen molar-refractivity contribution in [3.8, 4) is 0 Å². The highest BCUT2D eigenvalue weighted by Gasteiger charge is 2.25. The first kappa shape index (κ1) is 10.2. The second kappa shape index (κ2) is 5.02. The lowest BCUT2D eigenvalue weighted by Crippen LogP contribution is -2.41. The van der Waals surface area contributed by atoms with Gasteiger partial charge in [-0.15, -0.1) is 0 Å². The average Bonchev–Trinajstić information content (AvgIpc) is 2.01. The van der Waals surface area contributed by atoms with E-state index in [4.69, 9.17) is 5.11 Å². The molecule has 0 heterocycles. The van der Waals surface area contributed by atoms with Crippen molar-refractivity contribution in [3.63, 3.8) is 0 Å². The molecule has 2 N–H and O–H groups in total. The van der Waals surface area contributed by atoms with E-state index in [0.717, 1.165) is 12.8 Å².